The number of hydrogen-bond acceptors (Lipinski definition) is 2. The lowest BCUT2D eigenvalue weighted by Gasteiger charge is -2.20. The molecule has 0 fully saturated rings. The number of carbonyl (C=O) groups is 2. The van der Waals surface area contributed by atoms with E-state index < -0.39 is 5.97 Å². The van der Waals surface area contributed by atoms with Crippen LogP contribution in [-0.2, 0) is 11.3 Å². The lowest BCUT2D eigenvalue weighted by atomic mass is 10.2. The number of unbranched alkanes of at least 4 members (excludes halogenated alkanes) is 2. The smallest absolute Gasteiger partial charge is 0.341 e. The van der Waals surface area contributed by atoms with E-state index in [1.807, 2.05) is 4.90 Å². The summed E-state index contributed by atoms with van der Waals surface area (Å²) in [7, 11) is 0. The van der Waals surface area contributed by atoms with E-state index in [1.165, 1.54) is 12.3 Å². The van der Waals surface area contributed by atoms with Crippen LogP contribution in [0.2, 0.25) is 0 Å². The number of carbonyl (C=O) groups excluding carboxylic acids is 1. The van der Waals surface area contributed by atoms with Crippen LogP contribution in [0.25, 0.3) is 0 Å². The van der Waals surface area contributed by atoms with Gasteiger partial charge < -0.3 is 10.0 Å². The predicted octanol–water partition coefficient (Wildman–Crippen LogP) is 2.10. The van der Waals surface area contributed by atoms with Crippen molar-refractivity contribution in [3.8, 4) is 0 Å². The van der Waals surface area contributed by atoms with Gasteiger partial charge in [-0.25, -0.2) is 4.79 Å². The van der Waals surface area contributed by atoms with Crippen LogP contribution in [0.3, 0.4) is 0 Å². The van der Waals surface area contributed by atoms with Gasteiger partial charge in [0, 0.05) is 19.2 Å². The van der Waals surface area contributed by atoms with Crippen molar-refractivity contribution in [3.63, 3.8) is 0 Å². The number of carboxylic acids is 1. The van der Waals surface area contributed by atoms with Gasteiger partial charge in [-0.15, -0.1) is 0 Å². The quantitative estimate of drug-likeness (QED) is 0.709. The average Bonchev–Trinajstić information content (AvgIpc) is 2.47. The third kappa shape index (κ3) is 5.94. The molecule has 0 aliphatic carbocycles. The van der Waals surface area contributed by atoms with Crippen molar-refractivity contribution >= 4 is 11.9 Å². The Morgan fingerprint density at radius 1 is 1.19 bits per heavy atom. The number of pyridine rings is 1. The lowest BCUT2D eigenvalue weighted by Crippen LogP contribution is -2.45. The van der Waals surface area contributed by atoms with Gasteiger partial charge in [0.2, 0.25) is 6.54 Å². The van der Waals surface area contributed by atoms with Crippen molar-refractivity contribution in [3.05, 3.63) is 30.1 Å². The fraction of sp³-hybridized carbons (Fsp3) is 0.562. The highest BCUT2D eigenvalue weighted by molar-refractivity contribution is 5.86. The number of hydrogen-bond donors (Lipinski definition) is 1. The minimum Gasteiger partial charge on any atom is -0.477 e. The van der Waals surface area contributed by atoms with E-state index in [1.54, 1.807) is 16.8 Å². The molecule has 0 unspecified atom stereocenters. The van der Waals surface area contributed by atoms with Crippen molar-refractivity contribution in [2.24, 2.45) is 0 Å². The molecule has 0 aromatic carbocycles. The maximum absolute atomic E-state index is 12.4. The Morgan fingerprint density at radius 3 is 2.33 bits per heavy atom. The number of aromatic nitrogens is 1. The Labute approximate surface area is 126 Å². The molecule has 5 nitrogen and oxygen atoms in total. The molecule has 0 atom stereocenters. The van der Waals surface area contributed by atoms with E-state index in [0.717, 1.165) is 38.8 Å². The second kappa shape index (κ2) is 9.10. The monoisotopic (exact) mass is 293 g/mol. The summed E-state index contributed by atoms with van der Waals surface area (Å²) in [5, 5.41) is 8.98. The molecule has 0 aliphatic heterocycles. The third-order valence-corrected chi connectivity index (χ3v) is 3.34. The molecule has 1 aromatic heterocycles. The van der Waals surface area contributed by atoms with E-state index in [2.05, 4.69) is 13.8 Å². The van der Waals surface area contributed by atoms with E-state index in [0.29, 0.717) is 0 Å². The first-order valence-corrected chi connectivity index (χ1v) is 7.58. The van der Waals surface area contributed by atoms with Gasteiger partial charge in [0.15, 0.2) is 12.4 Å². The van der Waals surface area contributed by atoms with Gasteiger partial charge in [-0.05, 0) is 18.9 Å². The van der Waals surface area contributed by atoms with Crippen molar-refractivity contribution in [1.82, 2.24) is 4.90 Å². The Bertz CT molecular complexity index is 466. The summed E-state index contributed by atoms with van der Waals surface area (Å²) in [5.41, 5.74) is 0.193. The molecular weight excluding hydrogens is 268 g/mol. The standard InChI is InChI=1S/C16H24N2O3/c1-3-5-10-18(11-6-4-2)15(19)13-17-9-7-8-14(12-17)16(20)21/h7-9,12H,3-6,10-11,13H2,1-2H3/p+1. The zero-order valence-electron chi connectivity index (χ0n) is 12.9. The first kappa shape index (κ1) is 17.1. The summed E-state index contributed by atoms with van der Waals surface area (Å²) in [6.07, 6.45) is 7.32. The van der Waals surface area contributed by atoms with Gasteiger partial charge in [0.1, 0.15) is 5.56 Å². The van der Waals surface area contributed by atoms with Crippen LogP contribution in [0, 0.1) is 0 Å². The van der Waals surface area contributed by atoms with E-state index in [-0.39, 0.29) is 18.0 Å². The minimum absolute atomic E-state index is 0.0458. The first-order chi connectivity index (χ1) is 10.1. The highest BCUT2D eigenvalue weighted by Gasteiger charge is 2.18. The van der Waals surface area contributed by atoms with E-state index >= 15 is 0 Å². The Kier molecular flexibility index (Phi) is 7.43. The van der Waals surface area contributed by atoms with E-state index in [9.17, 15) is 9.59 Å². The molecule has 21 heavy (non-hydrogen) atoms. The largest absolute Gasteiger partial charge is 0.477 e. The maximum atomic E-state index is 12.4. The van der Waals surface area contributed by atoms with Gasteiger partial charge in [0.05, 0.1) is 0 Å². The van der Waals surface area contributed by atoms with Gasteiger partial charge in [-0.2, -0.15) is 4.57 Å². The molecule has 0 saturated carbocycles. The summed E-state index contributed by atoms with van der Waals surface area (Å²) in [5.74, 6) is -0.935. The molecule has 0 aliphatic rings. The summed E-state index contributed by atoms with van der Waals surface area (Å²) in [6, 6.07) is 3.18. The number of rotatable bonds is 9. The topological polar surface area (TPSA) is 61.5 Å². The Balaban J connectivity index is 2.70. The fourth-order valence-electron chi connectivity index (χ4n) is 2.06. The number of nitrogens with zero attached hydrogens (tertiary/aromatic N) is 2. The van der Waals surface area contributed by atoms with Crippen LogP contribution >= 0.6 is 0 Å². The number of aromatic carboxylic acids is 1. The highest BCUT2D eigenvalue weighted by atomic mass is 16.4. The van der Waals surface area contributed by atoms with Crippen LogP contribution in [0.1, 0.15) is 49.9 Å². The molecule has 0 spiro atoms. The highest BCUT2D eigenvalue weighted by Crippen LogP contribution is 2.01. The minimum atomic E-state index is -0.981. The summed E-state index contributed by atoms with van der Waals surface area (Å²) in [6.45, 7) is 5.94. The molecule has 0 radical (unpaired) electrons. The van der Waals surface area contributed by atoms with Crippen LogP contribution in [0.5, 0.6) is 0 Å². The van der Waals surface area contributed by atoms with Gasteiger partial charge in [-0.3, -0.25) is 4.79 Å². The molecule has 5 heteroatoms. The predicted molar refractivity (Wildman–Crippen MR) is 80.0 cm³/mol. The van der Waals surface area contributed by atoms with Crippen LogP contribution in [0.4, 0.5) is 0 Å². The second-order valence-corrected chi connectivity index (χ2v) is 5.16. The first-order valence-electron chi connectivity index (χ1n) is 7.58. The Morgan fingerprint density at radius 2 is 1.81 bits per heavy atom. The zero-order chi connectivity index (χ0) is 15.7. The molecule has 1 rings (SSSR count). The van der Waals surface area contributed by atoms with Gasteiger partial charge in [0.25, 0.3) is 5.91 Å². The molecule has 1 aromatic rings. The van der Waals surface area contributed by atoms with Crippen molar-refractivity contribution in [1.29, 1.82) is 0 Å². The molecule has 0 saturated heterocycles. The number of carboxylic acid groups (broad SMARTS) is 1. The van der Waals surface area contributed by atoms with E-state index in [4.69, 9.17) is 5.11 Å². The Hall–Kier alpha value is -1.91. The summed E-state index contributed by atoms with van der Waals surface area (Å²) in [4.78, 5) is 25.2. The molecule has 116 valence electrons. The zero-order valence-corrected chi connectivity index (χ0v) is 12.9. The van der Waals surface area contributed by atoms with Crippen molar-refractivity contribution in [2.75, 3.05) is 13.1 Å². The summed E-state index contributed by atoms with van der Waals surface area (Å²) < 4.78 is 1.64. The molecular formula is C16H25N2O3+. The van der Waals surface area contributed by atoms with Crippen LogP contribution < -0.4 is 4.57 Å². The summed E-state index contributed by atoms with van der Waals surface area (Å²) >= 11 is 0. The molecule has 0 bridgehead atoms. The molecule has 1 heterocycles. The third-order valence-electron chi connectivity index (χ3n) is 3.34. The lowest BCUT2D eigenvalue weighted by molar-refractivity contribution is -0.685. The SMILES string of the molecule is CCCCN(CCCC)C(=O)C[n+]1cccc(C(=O)O)c1. The second-order valence-electron chi connectivity index (χ2n) is 5.16. The van der Waals surface area contributed by atoms with Crippen LogP contribution in [-0.4, -0.2) is 35.0 Å². The number of amides is 1. The molecule has 1 amide bonds. The van der Waals surface area contributed by atoms with Gasteiger partial charge in [-0.1, -0.05) is 26.7 Å². The van der Waals surface area contributed by atoms with Crippen molar-refractivity contribution in [2.45, 2.75) is 46.1 Å². The average molecular weight is 293 g/mol. The van der Waals surface area contributed by atoms with Crippen LogP contribution in [0.15, 0.2) is 24.5 Å². The fourth-order valence-corrected chi connectivity index (χ4v) is 2.06. The van der Waals surface area contributed by atoms with Crippen molar-refractivity contribution < 1.29 is 19.3 Å². The molecule has 1 N–H and O–H groups in total. The van der Waals surface area contributed by atoms with Gasteiger partial charge >= 0.3 is 5.97 Å². The maximum Gasteiger partial charge on any atom is 0.341 e. The normalized spacial score (nSPS) is 10.4.